The van der Waals surface area contributed by atoms with Crippen LogP contribution in [-0.4, -0.2) is 67.1 Å². The van der Waals surface area contributed by atoms with Gasteiger partial charge in [0.2, 0.25) is 0 Å². The predicted molar refractivity (Wildman–Crippen MR) is 111 cm³/mol. The Labute approximate surface area is 182 Å². The first-order valence-electron chi connectivity index (χ1n) is 10.3. The molecule has 2 aliphatic rings. The van der Waals surface area contributed by atoms with E-state index in [0.717, 1.165) is 18.5 Å². The SMILES string of the molecule is CN(C(=O)Nc1cc(C(F)F)ccn1)C1CC2(C1)CN(C(=O)c1cnn3ccn(C)c13)C2. The number of fused-ring (bicyclic) bond motifs is 1. The fourth-order valence-electron chi connectivity index (χ4n) is 4.76. The minimum Gasteiger partial charge on any atom is -0.337 e. The number of pyridine rings is 1. The quantitative estimate of drug-likeness (QED) is 0.672. The van der Waals surface area contributed by atoms with Crippen LogP contribution in [0.1, 0.15) is 35.2 Å². The maximum absolute atomic E-state index is 12.9. The zero-order valence-electron chi connectivity index (χ0n) is 17.7. The molecule has 32 heavy (non-hydrogen) atoms. The molecule has 11 heteroatoms. The number of rotatable bonds is 4. The normalized spacial score (nSPS) is 17.5. The Morgan fingerprint density at radius 2 is 2.03 bits per heavy atom. The van der Waals surface area contributed by atoms with E-state index in [-0.39, 0.29) is 34.8 Å². The van der Waals surface area contributed by atoms with Gasteiger partial charge < -0.3 is 14.4 Å². The molecule has 2 fully saturated rings. The molecule has 0 atom stereocenters. The van der Waals surface area contributed by atoms with Gasteiger partial charge in [-0.3, -0.25) is 10.1 Å². The highest BCUT2D eigenvalue weighted by Gasteiger charge is 2.55. The summed E-state index contributed by atoms with van der Waals surface area (Å²) in [5.74, 6) is 0.0641. The van der Waals surface area contributed by atoms with Crippen LogP contribution in [0.15, 0.2) is 36.9 Å². The number of carbonyl (C=O) groups excluding carboxylic acids is 2. The zero-order chi connectivity index (χ0) is 22.6. The van der Waals surface area contributed by atoms with Crippen molar-refractivity contribution in [1.82, 2.24) is 29.0 Å². The lowest BCUT2D eigenvalue weighted by Gasteiger charge is -2.60. The molecule has 3 amide bonds. The minimum atomic E-state index is -2.62. The summed E-state index contributed by atoms with van der Waals surface area (Å²) in [7, 11) is 3.56. The van der Waals surface area contributed by atoms with Crippen molar-refractivity contribution < 1.29 is 18.4 Å². The zero-order valence-corrected chi connectivity index (χ0v) is 17.7. The predicted octanol–water partition coefficient (Wildman–Crippen LogP) is 2.77. The topological polar surface area (TPSA) is 87.8 Å². The molecule has 4 heterocycles. The van der Waals surface area contributed by atoms with Gasteiger partial charge in [0.15, 0.2) is 0 Å². The number of aromatic nitrogens is 4. The van der Waals surface area contributed by atoms with E-state index in [1.165, 1.54) is 18.3 Å². The highest BCUT2D eigenvalue weighted by atomic mass is 19.3. The third kappa shape index (κ3) is 3.28. The van der Waals surface area contributed by atoms with Gasteiger partial charge >= 0.3 is 6.03 Å². The number of hydrogen-bond acceptors (Lipinski definition) is 4. The monoisotopic (exact) mass is 443 g/mol. The molecule has 0 unspecified atom stereocenters. The van der Waals surface area contributed by atoms with Gasteiger partial charge in [0, 0.05) is 62.8 Å². The van der Waals surface area contributed by atoms with Crippen LogP contribution in [0, 0.1) is 5.41 Å². The Kier molecular flexibility index (Phi) is 4.64. The highest BCUT2D eigenvalue weighted by Crippen LogP contribution is 2.50. The Morgan fingerprint density at radius 3 is 2.75 bits per heavy atom. The molecule has 3 aromatic rings. The number of imidazole rings is 1. The molecule has 0 bridgehead atoms. The maximum atomic E-state index is 12.9. The summed E-state index contributed by atoms with van der Waals surface area (Å²) in [6.07, 6.45) is 5.47. The summed E-state index contributed by atoms with van der Waals surface area (Å²) < 4.78 is 29.2. The van der Waals surface area contributed by atoms with Gasteiger partial charge in [0.05, 0.1) is 6.20 Å². The molecule has 3 aromatic heterocycles. The summed E-state index contributed by atoms with van der Waals surface area (Å²) in [6, 6.07) is 2.04. The molecular formula is C21H23F2N7O2. The van der Waals surface area contributed by atoms with E-state index in [0.29, 0.717) is 18.7 Å². The third-order valence-corrected chi connectivity index (χ3v) is 6.58. The molecule has 1 N–H and O–H groups in total. The average Bonchev–Trinajstić information content (AvgIpc) is 3.28. The molecule has 1 spiro atoms. The number of anilines is 1. The van der Waals surface area contributed by atoms with Gasteiger partial charge in [-0.2, -0.15) is 5.10 Å². The summed E-state index contributed by atoms with van der Waals surface area (Å²) in [5, 5.41) is 6.81. The average molecular weight is 443 g/mol. The number of nitrogens with one attached hydrogen (secondary N) is 1. The first-order chi connectivity index (χ1) is 15.3. The molecule has 1 aliphatic heterocycles. The molecule has 5 rings (SSSR count). The number of urea groups is 1. The smallest absolute Gasteiger partial charge is 0.322 e. The second kappa shape index (κ2) is 7.28. The van der Waals surface area contributed by atoms with E-state index >= 15 is 0 Å². The molecule has 168 valence electrons. The van der Waals surface area contributed by atoms with Gasteiger partial charge in [-0.1, -0.05) is 0 Å². The van der Waals surface area contributed by atoms with E-state index in [1.807, 2.05) is 22.7 Å². The lowest BCUT2D eigenvalue weighted by molar-refractivity contribution is -0.0787. The van der Waals surface area contributed by atoms with Gasteiger partial charge in [-0.05, 0) is 25.0 Å². The van der Waals surface area contributed by atoms with Crippen molar-refractivity contribution in [3.63, 3.8) is 0 Å². The van der Waals surface area contributed by atoms with E-state index in [1.54, 1.807) is 28.9 Å². The van der Waals surface area contributed by atoms with Crippen LogP contribution in [0.2, 0.25) is 0 Å². The number of aryl methyl sites for hydroxylation is 1. The molecule has 1 saturated heterocycles. The van der Waals surface area contributed by atoms with E-state index < -0.39 is 6.43 Å². The van der Waals surface area contributed by atoms with Crippen LogP contribution in [0.25, 0.3) is 5.65 Å². The van der Waals surface area contributed by atoms with Gasteiger partial charge in [-0.25, -0.2) is 23.1 Å². The first kappa shape index (κ1) is 20.4. The molecule has 0 radical (unpaired) electrons. The lowest BCUT2D eigenvalue weighted by Crippen LogP contribution is -2.67. The Morgan fingerprint density at radius 1 is 1.28 bits per heavy atom. The van der Waals surface area contributed by atoms with Crippen LogP contribution in [0.3, 0.4) is 0 Å². The van der Waals surface area contributed by atoms with Crippen molar-refractivity contribution in [3.05, 3.63) is 48.0 Å². The summed E-state index contributed by atoms with van der Waals surface area (Å²) >= 11 is 0. The van der Waals surface area contributed by atoms with E-state index in [9.17, 15) is 18.4 Å². The summed E-state index contributed by atoms with van der Waals surface area (Å²) in [6.45, 7) is 1.30. The van der Waals surface area contributed by atoms with Gasteiger partial charge in [-0.15, -0.1) is 0 Å². The number of halogens is 2. The Balaban J connectivity index is 1.15. The van der Waals surface area contributed by atoms with Gasteiger partial charge in [0.1, 0.15) is 17.0 Å². The highest BCUT2D eigenvalue weighted by molar-refractivity contribution is 6.00. The first-order valence-corrected chi connectivity index (χ1v) is 10.3. The van der Waals surface area contributed by atoms with Crippen molar-refractivity contribution in [2.24, 2.45) is 12.5 Å². The fraction of sp³-hybridized carbons (Fsp3) is 0.429. The van der Waals surface area contributed by atoms with Crippen LogP contribution >= 0.6 is 0 Å². The van der Waals surface area contributed by atoms with Crippen LogP contribution in [0.5, 0.6) is 0 Å². The third-order valence-electron chi connectivity index (χ3n) is 6.58. The van der Waals surface area contributed by atoms with Crippen molar-refractivity contribution in [1.29, 1.82) is 0 Å². The molecule has 0 aromatic carbocycles. The number of likely N-dealkylation sites (tertiary alicyclic amines) is 1. The van der Waals surface area contributed by atoms with Crippen molar-refractivity contribution >= 4 is 23.4 Å². The van der Waals surface area contributed by atoms with Crippen LogP contribution < -0.4 is 5.32 Å². The van der Waals surface area contributed by atoms with Crippen LogP contribution in [0.4, 0.5) is 19.4 Å². The van der Waals surface area contributed by atoms with E-state index in [2.05, 4.69) is 15.4 Å². The second-order valence-electron chi connectivity index (χ2n) is 8.77. The maximum Gasteiger partial charge on any atom is 0.322 e. The lowest BCUT2D eigenvalue weighted by atomic mass is 9.60. The number of hydrogen-bond donors (Lipinski definition) is 1. The van der Waals surface area contributed by atoms with Crippen molar-refractivity contribution in [3.8, 4) is 0 Å². The Hall–Kier alpha value is -3.50. The second-order valence-corrected chi connectivity index (χ2v) is 8.77. The number of amides is 3. The van der Waals surface area contributed by atoms with E-state index in [4.69, 9.17) is 0 Å². The largest absolute Gasteiger partial charge is 0.337 e. The molecule has 9 nitrogen and oxygen atoms in total. The van der Waals surface area contributed by atoms with Crippen molar-refractivity contribution in [2.45, 2.75) is 25.3 Å². The fourth-order valence-corrected chi connectivity index (χ4v) is 4.76. The number of carbonyl (C=O) groups is 2. The standard InChI is InChI=1S/C21H23F2N7O2/c1-27-5-6-30-18(27)15(10-25-30)19(31)29-11-21(12-29)8-14(9-21)28(2)20(32)26-16-7-13(17(22)23)3-4-24-16/h3-7,10,14,17H,8-9,11-12H2,1-2H3,(H,24,26,32). The van der Waals surface area contributed by atoms with Crippen molar-refractivity contribution in [2.75, 3.05) is 25.5 Å². The summed E-state index contributed by atoms with van der Waals surface area (Å²) in [5.41, 5.74) is 1.19. The summed E-state index contributed by atoms with van der Waals surface area (Å²) in [4.78, 5) is 32.8. The number of nitrogens with zero attached hydrogens (tertiary/aromatic N) is 6. The van der Waals surface area contributed by atoms with Gasteiger partial charge in [0.25, 0.3) is 12.3 Å². The van der Waals surface area contributed by atoms with Crippen LogP contribution in [-0.2, 0) is 7.05 Å². The molecule has 1 saturated carbocycles. The number of alkyl halides is 2. The minimum absolute atomic E-state index is 0.0289. The Bertz CT molecular complexity index is 1190. The molecule has 1 aliphatic carbocycles. The molecular weight excluding hydrogens is 420 g/mol.